The highest BCUT2D eigenvalue weighted by atomic mass is 32.1. The molecule has 0 spiro atoms. The number of nitrogens with zero attached hydrogens (tertiary/aromatic N) is 3. The van der Waals surface area contributed by atoms with Gasteiger partial charge in [-0.1, -0.05) is 18.2 Å². The molecule has 25 heavy (non-hydrogen) atoms. The highest BCUT2D eigenvalue weighted by Crippen LogP contribution is 2.41. The number of fused-ring (bicyclic) bond motifs is 1. The summed E-state index contributed by atoms with van der Waals surface area (Å²) in [7, 11) is 0. The van der Waals surface area contributed by atoms with Crippen molar-refractivity contribution in [2.24, 2.45) is 0 Å². The fraction of sp³-hybridized carbons (Fsp3) is 0.368. The molecule has 3 aromatic rings. The maximum atomic E-state index is 9.39. The molecule has 0 amide bonds. The summed E-state index contributed by atoms with van der Waals surface area (Å²) in [5.74, 6) is 0.769. The van der Waals surface area contributed by atoms with Crippen molar-refractivity contribution in [2.75, 3.05) is 31.2 Å². The zero-order valence-electron chi connectivity index (χ0n) is 14.8. The summed E-state index contributed by atoms with van der Waals surface area (Å²) >= 11 is 1.65. The van der Waals surface area contributed by atoms with Gasteiger partial charge in [0.15, 0.2) is 0 Å². The van der Waals surface area contributed by atoms with Crippen LogP contribution in [0.3, 0.4) is 0 Å². The van der Waals surface area contributed by atoms with E-state index in [2.05, 4.69) is 48.9 Å². The van der Waals surface area contributed by atoms with Gasteiger partial charge in [0.05, 0.1) is 18.6 Å². The van der Waals surface area contributed by atoms with Crippen LogP contribution in [-0.2, 0) is 0 Å². The Morgan fingerprint density at radius 1 is 1.00 bits per heavy atom. The summed E-state index contributed by atoms with van der Waals surface area (Å²) in [6, 6.07) is 6.47. The van der Waals surface area contributed by atoms with Gasteiger partial charge in [0, 0.05) is 23.5 Å². The van der Waals surface area contributed by atoms with Crippen LogP contribution in [0.25, 0.3) is 21.3 Å². The number of aryl methyl sites for hydroxylation is 3. The SMILES string of the molecule is Cc1ccc(-c2c(C)sc3ncnc(N(CCO)CCO)c23)cc1C. The summed E-state index contributed by atoms with van der Waals surface area (Å²) in [5.41, 5.74) is 4.80. The van der Waals surface area contributed by atoms with Gasteiger partial charge >= 0.3 is 0 Å². The van der Waals surface area contributed by atoms with E-state index < -0.39 is 0 Å². The molecule has 1 aromatic carbocycles. The Balaban J connectivity index is 2.25. The summed E-state index contributed by atoms with van der Waals surface area (Å²) in [6.07, 6.45) is 1.56. The smallest absolute Gasteiger partial charge is 0.141 e. The van der Waals surface area contributed by atoms with Crippen molar-refractivity contribution in [1.29, 1.82) is 0 Å². The average molecular weight is 357 g/mol. The van der Waals surface area contributed by atoms with E-state index in [1.165, 1.54) is 16.0 Å². The van der Waals surface area contributed by atoms with Crippen LogP contribution in [0.5, 0.6) is 0 Å². The van der Waals surface area contributed by atoms with Crippen LogP contribution in [0.15, 0.2) is 24.5 Å². The maximum absolute atomic E-state index is 9.39. The van der Waals surface area contributed by atoms with E-state index in [0.29, 0.717) is 13.1 Å². The highest BCUT2D eigenvalue weighted by Gasteiger charge is 2.20. The minimum Gasteiger partial charge on any atom is -0.395 e. The quantitative estimate of drug-likeness (QED) is 0.709. The molecular formula is C19H23N3O2S. The topological polar surface area (TPSA) is 69.5 Å². The molecule has 0 fully saturated rings. The van der Waals surface area contributed by atoms with Gasteiger partial charge in [0.2, 0.25) is 0 Å². The lowest BCUT2D eigenvalue weighted by molar-refractivity contribution is 0.281. The minimum absolute atomic E-state index is 0.00753. The Hall–Kier alpha value is -2.02. The van der Waals surface area contributed by atoms with Gasteiger partial charge in [-0.3, -0.25) is 0 Å². The van der Waals surface area contributed by atoms with E-state index in [4.69, 9.17) is 0 Å². The van der Waals surface area contributed by atoms with Gasteiger partial charge in [-0.15, -0.1) is 11.3 Å². The zero-order chi connectivity index (χ0) is 18.0. The molecule has 0 saturated heterocycles. The predicted molar refractivity (Wildman–Crippen MR) is 103 cm³/mol. The number of benzene rings is 1. The Morgan fingerprint density at radius 3 is 2.36 bits per heavy atom. The average Bonchev–Trinajstić information content (AvgIpc) is 2.93. The van der Waals surface area contributed by atoms with Gasteiger partial charge in [-0.05, 0) is 37.5 Å². The lowest BCUT2D eigenvalue weighted by Gasteiger charge is -2.23. The molecule has 0 unspecified atom stereocenters. The van der Waals surface area contributed by atoms with Crippen molar-refractivity contribution in [3.8, 4) is 11.1 Å². The van der Waals surface area contributed by atoms with Crippen LogP contribution >= 0.6 is 11.3 Å². The molecule has 0 aliphatic rings. The van der Waals surface area contributed by atoms with Gasteiger partial charge in [0.1, 0.15) is 17.0 Å². The third-order valence-corrected chi connectivity index (χ3v) is 5.49. The van der Waals surface area contributed by atoms with Crippen molar-refractivity contribution >= 4 is 27.4 Å². The predicted octanol–water partition coefficient (Wildman–Crippen LogP) is 3.07. The first-order chi connectivity index (χ1) is 12.1. The minimum atomic E-state index is 0.00753. The van der Waals surface area contributed by atoms with Crippen molar-refractivity contribution in [3.63, 3.8) is 0 Å². The fourth-order valence-electron chi connectivity index (χ4n) is 3.08. The van der Waals surface area contributed by atoms with Crippen molar-refractivity contribution < 1.29 is 10.2 Å². The molecule has 0 saturated carbocycles. The van der Waals surface area contributed by atoms with Crippen LogP contribution in [-0.4, -0.2) is 46.5 Å². The number of aliphatic hydroxyl groups excluding tert-OH is 2. The van der Waals surface area contributed by atoms with Gasteiger partial charge in [-0.2, -0.15) is 0 Å². The Morgan fingerprint density at radius 2 is 1.72 bits per heavy atom. The summed E-state index contributed by atoms with van der Waals surface area (Å²) < 4.78 is 0. The van der Waals surface area contributed by atoms with E-state index in [-0.39, 0.29) is 13.2 Å². The second kappa shape index (κ2) is 7.47. The van der Waals surface area contributed by atoms with Crippen molar-refractivity contribution in [3.05, 3.63) is 40.5 Å². The Bertz CT molecular complexity index is 886. The van der Waals surface area contributed by atoms with Crippen molar-refractivity contribution in [1.82, 2.24) is 9.97 Å². The Labute approximate surface area is 151 Å². The number of hydrogen-bond acceptors (Lipinski definition) is 6. The van der Waals surface area contributed by atoms with Crippen LogP contribution in [0.4, 0.5) is 5.82 Å². The zero-order valence-corrected chi connectivity index (χ0v) is 15.6. The molecule has 0 atom stereocenters. The summed E-state index contributed by atoms with van der Waals surface area (Å²) in [5, 5.41) is 19.8. The van der Waals surface area contributed by atoms with Crippen LogP contribution in [0.1, 0.15) is 16.0 Å². The first-order valence-corrected chi connectivity index (χ1v) is 9.16. The molecule has 0 aliphatic heterocycles. The molecule has 6 heteroatoms. The molecule has 3 rings (SSSR count). The molecule has 2 heterocycles. The number of rotatable bonds is 6. The number of aliphatic hydroxyl groups is 2. The van der Waals surface area contributed by atoms with E-state index in [1.807, 2.05) is 4.90 Å². The second-order valence-electron chi connectivity index (χ2n) is 6.14. The number of anilines is 1. The van der Waals surface area contributed by atoms with Crippen LogP contribution in [0, 0.1) is 20.8 Å². The maximum Gasteiger partial charge on any atom is 0.141 e. The van der Waals surface area contributed by atoms with E-state index >= 15 is 0 Å². The van der Waals surface area contributed by atoms with Crippen LogP contribution in [0.2, 0.25) is 0 Å². The second-order valence-corrected chi connectivity index (χ2v) is 7.35. The molecular weight excluding hydrogens is 334 g/mol. The largest absolute Gasteiger partial charge is 0.395 e. The standard InChI is InChI=1S/C19H23N3O2S/c1-12-4-5-15(10-13(12)2)16-14(3)25-19-17(16)18(20-11-21-19)22(6-8-23)7-9-24/h4-5,10-11,23-24H,6-9H2,1-3H3. The van der Waals surface area contributed by atoms with Gasteiger partial charge < -0.3 is 15.1 Å². The van der Waals surface area contributed by atoms with Gasteiger partial charge in [0.25, 0.3) is 0 Å². The molecule has 5 nitrogen and oxygen atoms in total. The monoisotopic (exact) mass is 357 g/mol. The first-order valence-electron chi connectivity index (χ1n) is 8.35. The lowest BCUT2D eigenvalue weighted by atomic mass is 9.99. The molecule has 2 N–H and O–H groups in total. The number of thiophene rings is 1. The number of aromatic nitrogens is 2. The first kappa shape index (κ1) is 17.8. The normalized spacial score (nSPS) is 11.2. The third-order valence-electron chi connectivity index (χ3n) is 4.48. The van der Waals surface area contributed by atoms with Crippen LogP contribution < -0.4 is 4.90 Å². The van der Waals surface area contributed by atoms with E-state index in [9.17, 15) is 10.2 Å². The highest BCUT2D eigenvalue weighted by molar-refractivity contribution is 7.19. The summed E-state index contributed by atoms with van der Waals surface area (Å²) in [6.45, 7) is 7.19. The Kier molecular flexibility index (Phi) is 5.32. The molecule has 0 radical (unpaired) electrons. The molecule has 0 bridgehead atoms. The number of hydrogen-bond donors (Lipinski definition) is 2. The van der Waals surface area contributed by atoms with Gasteiger partial charge in [-0.25, -0.2) is 9.97 Å². The summed E-state index contributed by atoms with van der Waals surface area (Å²) in [4.78, 5) is 13.0. The van der Waals surface area contributed by atoms with Crippen molar-refractivity contribution in [2.45, 2.75) is 20.8 Å². The van der Waals surface area contributed by atoms with E-state index in [1.54, 1.807) is 17.7 Å². The fourth-order valence-corrected chi connectivity index (χ4v) is 4.09. The molecule has 0 aliphatic carbocycles. The lowest BCUT2D eigenvalue weighted by Crippen LogP contribution is -2.30. The molecule has 132 valence electrons. The van der Waals surface area contributed by atoms with E-state index in [0.717, 1.165) is 27.2 Å². The molecule has 2 aromatic heterocycles. The third kappa shape index (κ3) is 3.38.